The Morgan fingerprint density at radius 2 is 1.90 bits per heavy atom. The van der Waals surface area contributed by atoms with Gasteiger partial charge in [0.2, 0.25) is 10.0 Å². The Morgan fingerprint density at radius 1 is 1.17 bits per heavy atom. The third kappa shape index (κ3) is 4.61. The second-order valence-corrected chi connectivity index (χ2v) is 10.7. The summed E-state index contributed by atoms with van der Waals surface area (Å²) in [4.78, 5) is 12.0. The number of hydrogen-bond acceptors (Lipinski definition) is 5. The zero-order valence-corrected chi connectivity index (χ0v) is 18.6. The molecule has 4 rings (SSSR count). The molecule has 0 amide bonds. The fraction of sp³-hybridized carbons (Fsp3) is 0.429. The number of anilines is 1. The molecule has 0 saturated heterocycles. The van der Waals surface area contributed by atoms with Crippen LogP contribution < -0.4 is 10.0 Å². The molecule has 1 fully saturated rings. The number of sulfonamides is 1. The molecule has 160 valence electrons. The lowest BCUT2D eigenvalue weighted by Crippen LogP contribution is -2.42. The van der Waals surface area contributed by atoms with Gasteiger partial charge >= 0.3 is 0 Å². The monoisotopic (exact) mass is 447 g/mol. The smallest absolute Gasteiger partial charge is 0.214 e. The van der Waals surface area contributed by atoms with Gasteiger partial charge < -0.3 is 10.3 Å². The summed E-state index contributed by atoms with van der Waals surface area (Å²) in [6.07, 6.45) is 7.01. The second kappa shape index (κ2) is 8.53. The molecule has 0 bridgehead atoms. The molecule has 3 aromatic heterocycles. The van der Waals surface area contributed by atoms with Crippen LogP contribution in [0.3, 0.4) is 0 Å². The average Bonchev–Trinajstić information content (AvgIpc) is 3.13. The van der Waals surface area contributed by atoms with E-state index in [0.717, 1.165) is 53.7 Å². The standard InChI is InChI=1S/C21H26ClN5O2S/c1-13(2)30(28,29)27-16-7-5-15(6-8-16)25-20-11-14(10-19(22)26-20)18-12-24-21-17(18)4-3-9-23-21/h3-4,9-13,15-16,27H,5-8H2,1-2H3,(H,23,24)(H,25,26). The first kappa shape index (κ1) is 21.1. The first-order chi connectivity index (χ1) is 14.3. The number of rotatable bonds is 6. The maximum atomic E-state index is 12.1. The van der Waals surface area contributed by atoms with Crippen molar-refractivity contribution in [3.05, 3.63) is 41.8 Å². The van der Waals surface area contributed by atoms with Gasteiger partial charge in [0.05, 0.1) is 5.25 Å². The highest BCUT2D eigenvalue weighted by molar-refractivity contribution is 7.90. The minimum absolute atomic E-state index is 0.00273. The summed E-state index contributed by atoms with van der Waals surface area (Å²) in [6, 6.07) is 8.00. The number of H-pyrrole nitrogens is 1. The lowest BCUT2D eigenvalue weighted by atomic mass is 9.92. The van der Waals surface area contributed by atoms with Crippen molar-refractivity contribution >= 4 is 38.5 Å². The van der Waals surface area contributed by atoms with E-state index in [9.17, 15) is 8.42 Å². The van der Waals surface area contributed by atoms with E-state index >= 15 is 0 Å². The van der Waals surface area contributed by atoms with E-state index in [2.05, 4.69) is 25.0 Å². The third-order valence-corrected chi connectivity index (χ3v) is 7.68. The molecule has 3 heterocycles. The summed E-state index contributed by atoms with van der Waals surface area (Å²) in [7, 11) is -3.24. The van der Waals surface area contributed by atoms with Gasteiger partial charge in [0, 0.05) is 35.4 Å². The summed E-state index contributed by atoms with van der Waals surface area (Å²) in [6.45, 7) is 3.39. The van der Waals surface area contributed by atoms with Gasteiger partial charge in [-0.3, -0.25) is 0 Å². The predicted octanol–water partition coefficient (Wildman–Crippen LogP) is 4.33. The van der Waals surface area contributed by atoms with E-state index in [-0.39, 0.29) is 12.1 Å². The Hall–Kier alpha value is -2.16. The van der Waals surface area contributed by atoms with Crippen LogP contribution in [-0.4, -0.2) is 40.7 Å². The Balaban J connectivity index is 1.45. The van der Waals surface area contributed by atoms with Gasteiger partial charge in [0.25, 0.3) is 0 Å². The zero-order valence-electron chi connectivity index (χ0n) is 17.0. The van der Waals surface area contributed by atoms with Gasteiger partial charge in [-0.15, -0.1) is 0 Å². The van der Waals surface area contributed by atoms with Gasteiger partial charge in [-0.25, -0.2) is 23.1 Å². The summed E-state index contributed by atoms with van der Waals surface area (Å²) in [5, 5.41) is 4.52. The Bertz CT molecular complexity index is 1140. The molecule has 0 aromatic carbocycles. The van der Waals surface area contributed by atoms with Crippen LogP contribution in [0.25, 0.3) is 22.2 Å². The summed E-state index contributed by atoms with van der Waals surface area (Å²) in [5.41, 5.74) is 2.82. The maximum absolute atomic E-state index is 12.1. The van der Waals surface area contributed by atoms with Crippen LogP contribution in [0.5, 0.6) is 0 Å². The van der Waals surface area contributed by atoms with Crippen LogP contribution in [0.4, 0.5) is 5.82 Å². The number of pyridine rings is 2. The van der Waals surface area contributed by atoms with Crippen molar-refractivity contribution in [2.45, 2.75) is 56.9 Å². The van der Waals surface area contributed by atoms with Crippen molar-refractivity contribution < 1.29 is 8.42 Å². The van der Waals surface area contributed by atoms with Crippen LogP contribution in [0.2, 0.25) is 5.15 Å². The number of halogens is 1. The molecule has 0 atom stereocenters. The summed E-state index contributed by atoms with van der Waals surface area (Å²) >= 11 is 6.31. The SMILES string of the molecule is CC(C)S(=O)(=O)NC1CCC(Nc2cc(-c3c[nH]c4ncccc34)cc(Cl)n2)CC1. The lowest BCUT2D eigenvalue weighted by Gasteiger charge is -2.30. The van der Waals surface area contributed by atoms with Gasteiger partial charge in [-0.1, -0.05) is 11.6 Å². The summed E-state index contributed by atoms with van der Waals surface area (Å²) < 4.78 is 27.0. The molecule has 3 N–H and O–H groups in total. The molecule has 30 heavy (non-hydrogen) atoms. The molecule has 1 aliphatic carbocycles. The van der Waals surface area contributed by atoms with Crippen molar-refractivity contribution in [2.24, 2.45) is 0 Å². The first-order valence-corrected chi connectivity index (χ1v) is 12.1. The molecular weight excluding hydrogens is 422 g/mol. The first-order valence-electron chi connectivity index (χ1n) is 10.2. The normalized spacial score (nSPS) is 20.0. The number of nitrogens with zero attached hydrogens (tertiary/aromatic N) is 2. The molecule has 9 heteroatoms. The number of aromatic nitrogens is 3. The van der Waals surface area contributed by atoms with E-state index < -0.39 is 15.3 Å². The van der Waals surface area contributed by atoms with Crippen LogP contribution >= 0.6 is 11.6 Å². The zero-order chi connectivity index (χ0) is 21.3. The fourth-order valence-corrected chi connectivity index (χ4v) is 5.04. The molecule has 0 spiro atoms. The number of aromatic amines is 1. The van der Waals surface area contributed by atoms with Gasteiger partial charge in [-0.05, 0) is 69.4 Å². The van der Waals surface area contributed by atoms with E-state index in [1.165, 1.54) is 0 Å². The second-order valence-electron chi connectivity index (χ2n) is 8.07. The highest BCUT2D eigenvalue weighted by Gasteiger charge is 2.26. The molecule has 1 aliphatic rings. The molecule has 7 nitrogen and oxygen atoms in total. The van der Waals surface area contributed by atoms with E-state index in [1.54, 1.807) is 20.0 Å². The molecule has 3 aromatic rings. The average molecular weight is 448 g/mol. The van der Waals surface area contributed by atoms with Gasteiger partial charge in [0.15, 0.2) is 0 Å². The molecule has 0 radical (unpaired) electrons. The number of nitrogens with one attached hydrogen (secondary N) is 3. The van der Waals surface area contributed by atoms with E-state index in [1.807, 2.05) is 30.5 Å². The van der Waals surface area contributed by atoms with Crippen LogP contribution in [-0.2, 0) is 10.0 Å². The summed E-state index contributed by atoms with van der Waals surface area (Å²) in [5.74, 6) is 0.724. The largest absolute Gasteiger partial charge is 0.367 e. The van der Waals surface area contributed by atoms with Gasteiger partial charge in [-0.2, -0.15) is 0 Å². The number of hydrogen-bond donors (Lipinski definition) is 3. The van der Waals surface area contributed by atoms with Crippen LogP contribution in [0, 0.1) is 0 Å². The van der Waals surface area contributed by atoms with E-state index in [0.29, 0.717) is 5.15 Å². The van der Waals surface area contributed by atoms with Gasteiger partial charge in [0.1, 0.15) is 16.6 Å². The van der Waals surface area contributed by atoms with Crippen molar-refractivity contribution in [1.29, 1.82) is 0 Å². The molecular formula is C21H26ClN5O2S. The van der Waals surface area contributed by atoms with E-state index in [4.69, 9.17) is 11.6 Å². The molecule has 1 saturated carbocycles. The molecule has 0 aliphatic heterocycles. The van der Waals surface area contributed by atoms with Crippen molar-refractivity contribution in [3.8, 4) is 11.1 Å². The maximum Gasteiger partial charge on any atom is 0.214 e. The quantitative estimate of drug-likeness (QED) is 0.488. The predicted molar refractivity (Wildman–Crippen MR) is 121 cm³/mol. The van der Waals surface area contributed by atoms with Crippen LogP contribution in [0.1, 0.15) is 39.5 Å². The lowest BCUT2D eigenvalue weighted by molar-refractivity contribution is 0.386. The highest BCUT2D eigenvalue weighted by atomic mass is 35.5. The third-order valence-electron chi connectivity index (χ3n) is 5.59. The van der Waals surface area contributed by atoms with Crippen molar-refractivity contribution in [1.82, 2.24) is 19.7 Å². The Labute approximate surface area is 181 Å². The Kier molecular flexibility index (Phi) is 5.99. The minimum atomic E-state index is -3.24. The highest BCUT2D eigenvalue weighted by Crippen LogP contribution is 2.31. The fourth-order valence-electron chi connectivity index (χ4n) is 3.85. The van der Waals surface area contributed by atoms with Crippen molar-refractivity contribution in [2.75, 3.05) is 5.32 Å². The van der Waals surface area contributed by atoms with Crippen LogP contribution in [0.15, 0.2) is 36.7 Å². The Morgan fingerprint density at radius 3 is 2.63 bits per heavy atom. The molecule has 0 unspecified atom stereocenters. The number of fused-ring (bicyclic) bond motifs is 1. The minimum Gasteiger partial charge on any atom is -0.367 e. The van der Waals surface area contributed by atoms with Crippen molar-refractivity contribution in [3.63, 3.8) is 0 Å². The topological polar surface area (TPSA) is 99.8 Å².